The van der Waals surface area contributed by atoms with Crippen LogP contribution < -0.4 is 5.32 Å². The van der Waals surface area contributed by atoms with Crippen LogP contribution in [0.3, 0.4) is 0 Å². The number of unbranched alkanes of at least 4 members (excludes halogenated alkanes) is 1. The van der Waals surface area contributed by atoms with E-state index in [0.717, 1.165) is 30.3 Å². The molecule has 28 heavy (non-hydrogen) atoms. The number of hydrogen-bond donors (Lipinski definition) is 1. The summed E-state index contributed by atoms with van der Waals surface area (Å²) in [5.41, 5.74) is 1.26. The maximum atomic E-state index is 12.4. The molecule has 0 aromatic heterocycles. The van der Waals surface area contributed by atoms with Crippen molar-refractivity contribution in [2.75, 3.05) is 7.11 Å². The molecule has 0 spiro atoms. The fourth-order valence-corrected chi connectivity index (χ4v) is 3.03. The zero-order chi connectivity index (χ0) is 20.8. The maximum Gasteiger partial charge on any atom is 0.490 e. The number of ether oxygens (including phenoxy) is 1. The van der Waals surface area contributed by atoms with Gasteiger partial charge in [0.2, 0.25) is 0 Å². The first kappa shape index (κ1) is 22.7. The van der Waals surface area contributed by atoms with Crippen molar-refractivity contribution in [2.45, 2.75) is 77.7 Å². The Balaban J connectivity index is 2.22. The average molecular weight is 387 g/mol. The van der Waals surface area contributed by atoms with Gasteiger partial charge in [0, 0.05) is 6.54 Å². The van der Waals surface area contributed by atoms with E-state index >= 15 is 0 Å². The fourth-order valence-electron chi connectivity index (χ4n) is 3.03. The molecule has 5 nitrogen and oxygen atoms in total. The minimum Gasteiger partial charge on any atom is -0.468 e. The Labute approximate surface area is 170 Å². The molecule has 1 N–H and O–H groups in total. The molecule has 1 saturated heterocycles. The number of benzene rings is 1. The minimum atomic E-state index is -0.559. The van der Waals surface area contributed by atoms with Crippen LogP contribution in [0.1, 0.15) is 59.4 Å². The molecule has 1 aliphatic rings. The fraction of sp³-hybridized carbons (Fsp3) is 0.591. The van der Waals surface area contributed by atoms with Crippen molar-refractivity contribution >= 4 is 13.1 Å². The van der Waals surface area contributed by atoms with Crippen LogP contribution >= 0.6 is 0 Å². The van der Waals surface area contributed by atoms with E-state index in [-0.39, 0.29) is 5.97 Å². The first-order chi connectivity index (χ1) is 13.2. The van der Waals surface area contributed by atoms with E-state index in [1.54, 1.807) is 0 Å². The predicted molar refractivity (Wildman–Crippen MR) is 113 cm³/mol. The van der Waals surface area contributed by atoms with Gasteiger partial charge in [-0.15, -0.1) is 0 Å². The quantitative estimate of drug-likeness (QED) is 0.512. The Morgan fingerprint density at radius 3 is 2.32 bits per heavy atom. The first-order valence-electron chi connectivity index (χ1n) is 10.1. The molecule has 1 unspecified atom stereocenters. The maximum absolute atomic E-state index is 12.4. The molecule has 1 aliphatic heterocycles. The lowest BCUT2D eigenvalue weighted by Crippen LogP contribution is -2.41. The Morgan fingerprint density at radius 1 is 1.18 bits per heavy atom. The Bertz CT molecular complexity index is 656. The van der Waals surface area contributed by atoms with Crippen molar-refractivity contribution in [3.8, 4) is 0 Å². The average Bonchev–Trinajstić information content (AvgIpc) is 2.88. The number of esters is 1. The molecule has 1 heterocycles. The van der Waals surface area contributed by atoms with Gasteiger partial charge in [-0.3, -0.25) is 10.1 Å². The molecule has 1 atom stereocenters. The summed E-state index contributed by atoms with van der Waals surface area (Å²) in [5.74, 6) is -0.318. The van der Waals surface area contributed by atoms with Gasteiger partial charge in [-0.05, 0) is 45.2 Å². The second-order valence-corrected chi connectivity index (χ2v) is 8.30. The zero-order valence-corrected chi connectivity index (χ0v) is 18.1. The lowest BCUT2D eigenvalue weighted by molar-refractivity contribution is -0.141. The molecule has 1 aromatic carbocycles. The number of carbonyl (C=O) groups excluding carboxylic acids is 1. The highest BCUT2D eigenvalue weighted by Gasteiger charge is 2.52. The van der Waals surface area contributed by atoms with Crippen LogP contribution in [0.15, 0.2) is 41.9 Å². The van der Waals surface area contributed by atoms with Crippen molar-refractivity contribution in [2.24, 2.45) is 0 Å². The molecular weight excluding hydrogens is 353 g/mol. The Kier molecular flexibility index (Phi) is 7.87. The normalized spacial score (nSPS) is 19.5. The van der Waals surface area contributed by atoms with Gasteiger partial charge in [-0.2, -0.15) is 0 Å². The van der Waals surface area contributed by atoms with E-state index < -0.39 is 24.4 Å². The Morgan fingerprint density at radius 2 is 1.79 bits per heavy atom. The van der Waals surface area contributed by atoms with Gasteiger partial charge in [-0.1, -0.05) is 56.2 Å². The second-order valence-electron chi connectivity index (χ2n) is 8.30. The summed E-state index contributed by atoms with van der Waals surface area (Å²) in [7, 11) is 0.954. The van der Waals surface area contributed by atoms with E-state index in [9.17, 15) is 4.79 Å². The number of allylic oxidation sites excluding steroid dienone is 1. The van der Waals surface area contributed by atoms with Gasteiger partial charge in [0.05, 0.1) is 18.3 Å². The van der Waals surface area contributed by atoms with E-state index in [1.165, 1.54) is 7.11 Å². The molecule has 6 heteroatoms. The predicted octanol–water partition coefficient (Wildman–Crippen LogP) is 4.07. The monoisotopic (exact) mass is 387 g/mol. The van der Waals surface area contributed by atoms with Crippen molar-refractivity contribution in [3.63, 3.8) is 0 Å². The molecular formula is C22H34BNO4. The standard InChI is InChI=1S/C22H34BNO4/c1-7-8-14-18(23-27-21(2,3)22(4,5)28-23)15-19(20(25)26-6)24-16-17-12-10-9-11-13-17/h9-13,15,19,24H,7-8,14,16H2,1-6H3/b18-15+. The SMILES string of the molecule is CCCC/C(=C\C(NCc1ccccc1)C(=O)OC)B1OC(C)(C)C(C)(C)O1. The summed E-state index contributed by atoms with van der Waals surface area (Å²) in [6, 6.07) is 9.43. The van der Waals surface area contributed by atoms with Crippen molar-refractivity contribution in [1.82, 2.24) is 5.32 Å². The van der Waals surface area contributed by atoms with E-state index in [2.05, 4.69) is 12.2 Å². The minimum absolute atomic E-state index is 0.318. The van der Waals surface area contributed by atoms with E-state index in [0.29, 0.717) is 6.54 Å². The number of hydrogen-bond acceptors (Lipinski definition) is 5. The topological polar surface area (TPSA) is 56.8 Å². The molecule has 1 fully saturated rings. The van der Waals surface area contributed by atoms with Gasteiger partial charge >= 0.3 is 13.1 Å². The molecule has 154 valence electrons. The third kappa shape index (κ3) is 5.69. The molecule has 0 radical (unpaired) electrons. The van der Waals surface area contributed by atoms with Crippen LogP contribution in [0.4, 0.5) is 0 Å². The molecule has 1 aromatic rings. The summed E-state index contributed by atoms with van der Waals surface area (Å²) in [5, 5.41) is 3.30. The number of nitrogens with one attached hydrogen (secondary N) is 1. The number of carbonyl (C=O) groups is 1. The third-order valence-electron chi connectivity index (χ3n) is 5.58. The largest absolute Gasteiger partial charge is 0.490 e. The first-order valence-corrected chi connectivity index (χ1v) is 10.1. The van der Waals surface area contributed by atoms with Crippen LogP contribution in [0.2, 0.25) is 0 Å². The van der Waals surface area contributed by atoms with Crippen LogP contribution in [-0.2, 0) is 25.4 Å². The lowest BCUT2D eigenvalue weighted by atomic mass is 9.74. The molecule has 0 bridgehead atoms. The van der Waals surface area contributed by atoms with E-state index in [1.807, 2.05) is 64.1 Å². The van der Waals surface area contributed by atoms with E-state index in [4.69, 9.17) is 14.0 Å². The summed E-state index contributed by atoms with van der Waals surface area (Å²) >= 11 is 0. The van der Waals surface area contributed by atoms with Crippen LogP contribution in [-0.4, -0.2) is 37.4 Å². The smallest absolute Gasteiger partial charge is 0.468 e. The Hall–Kier alpha value is -1.63. The van der Waals surface area contributed by atoms with Gasteiger partial charge in [-0.25, -0.2) is 0 Å². The van der Waals surface area contributed by atoms with Crippen molar-refractivity contribution in [3.05, 3.63) is 47.4 Å². The molecule has 0 saturated carbocycles. The number of rotatable bonds is 9. The molecule has 0 amide bonds. The van der Waals surface area contributed by atoms with Gasteiger partial charge in [0.15, 0.2) is 0 Å². The lowest BCUT2D eigenvalue weighted by Gasteiger charge is -2.32. The zero-order valence-electron chi connectivity index (χ0n) is 18.1. The number of methoxy groups -OCH3 is 1. The van der Waals surface area contributed by atoms with Crippen LogP contribution in [0.5, 0.6) is 0 Å². The van der Waals surface area contributed by atoms with Gasteiger partial charge < -0.3 is 14.0 Å². The summed E-state index contributed by atoms with van der Waals surface area (Å²) in [6.07, 6.45) is 4.79. The highest BCUT2D eigenvalue weighted by molar-refractivity contribution is 6.54. The molecule has 0 aliphatic carbocycles. The summed E-state index contributed by atoms with van der Waals surface area (Å²) < 4.78 is 17.5. The van der Waals surface area contributed by atoms with Gasteiger partial charge in [0.25, 0.3) is 0 Å². The summed E-state index contributed by atoms with van der Waals surface area (Å²) in [6.45, 7) is 10.9. The van der Waals surface area contributed by atoms with Crippen LogP contribution in [0.25, 0.3) is 0 Å². The highest BCUT2D eigenvalue weighted by atomic mass is 16.7. The third-order valence-corrected chi connectivity index (χ3v) is 5.58. The molecule has 2 rings (SSSR count). The van der Waals surface area contributed by atoms with Gasteiger partial charge in [0.1, 0.15) is 6.04 Å². The van der Waals surface area contributed by atoms with Crippen LogP contribution in [0, 0.1) is 0 Å². The summed E-state index contributed by atoms with van der Waals surface area (Å²) in [4.78, 5) is 12.4. The highest BCUT2D eigenvalue weighted by Crippen LogP contribution is 2.39. The van der Waals surface area contributed by atoms with Crippen molar-refractivity contribution < 1.29 is 18.8 Å². The second kappa shape index (κ2) is 9.72. The van der Waals surface area contributed by atoms with Crippen molar-refractivity contribution in [1.29, 1.82) is 0 Å².